The Bertz CT molecular complexity index is 916. The Morgan fingerprint density at radius 1 is 0.645 bits per heavy atom. The van der Waals surface area contributed by atoms with E-state index < -0.39 is 9.76 Å². The highest BCUT2D eigenvalue weighted by Crippen LogP contribution is 2.41. The number of hydrogen-bond acceptors (Lipinski definition) is 4. The van der Waals surface area contributed by atoms with Gasteiger partial charge in [0.2, 0.25) is 0 Å². The van der Waals surface area contributed by atoms with Gasteiger partial charge >= 0.3 is 9.76 Å². The van der Waals surface area contributed by atoms with Gasteiger partial charge in [0.25, 0.3) is 0 Å². The molecule has 0 saturated heterocycles. The molecule has 2 aromatic carbocycles. The van der Waals surface area contributed by atoms with Crippen molar-refractivity contribution >= 4 is 41.6 Å². The zero-order valence-corrected chi connectivity index (χ0v) is 22.5. The van der Waals surface area contributed by atoms with Crippen molar-refractivity contribution in [1.82, 2.24) is 0 Å². The van der Waals surface area contributed by atoms with Crippen LogP contribution < -0.4 is 9.47 Å². The van der Waals surface area contributed by atoms with Crippen LogP contribution >= 0.6 is 31.9 Å². The van der Waals surface area contributed by atoms with Crippen LogP contribution in [0.3, 0.4) is 0 Å². The smallest absolute Gasteiger partial charge is 0.380 e. The van der Waals surface area contributed by atoms with Crippen molar-refractivity contribution in [3.05, 3.63) is 58.7 Å². The predicted molar refractivity (Wildman–Crippen MR) is 132 cm³/mol. The van der Waals surface area contributed by atoms with E-state index in [1.165, 1.54) is 0 Å². The molecule has 0 radical (unpaired) electrons. The normalized spacial score (nSPS) is 12.5. The van der Waals surface area contributed by atoms with Gasteiger partial charge < -0.3 is 9.47 Å². The molecule has 0 fully saturated rings. The molecule has 0 N–H and O–H groups in total. The Morgan fingerprint density at radius 3 is 1.23 bits per heavy atom. The van der Waals surface area contributed by atoms with Gasteiger partial charge in [-0.2, -0.15) is 0 Å². The van der Waals surface area contributed by atoms with Crippen LogP contribution in [0.4, 0.5) is 9.59 Å². The van der Waals surface area contributed by atoms with Crippen molar-refractivity contribution in [3.63, 3.8) is 0 Å². The van der Waals surface area contributed by atoms with Crippen LogP contribution in [0, 0.1) is 0 Å². The maximum atomic E-state index is 11.5. The summed E-state index contributed by atoms with van der Waals surface area (Å²) in [6.45, 7) is 16.8. The second-order valence-electron chi connectivity index (χ2n) is 10.2. The highest BCUT2D eigenvalue weighted by atomic mass is 79.9. The molecule has 0 aliphatic carbocycles. The first-order valence-corrected chi connectivity index (χ1v) is 11.7. The summed E-state index contributed by atoms with van der Waals surface area (Å²) < 4.78 is 10.8. The van der Waals surface area contributed by atoms with Gasteiger partial charge in [-0.25, -0.2) is 9.59 Å². The number of benzene rings is 2. The van der Waals surface area contributed by atoms with Crippen molar-refractivity contribution < 1.29 is 19.1 Å². The lowest BCUT2D eigenvalue weighted by Gasteiger charge is -2.31. The van der Waals surface area contributed by atoms with Gasteiger partial charge in [0.1, 0.15) is 11.5 Å². The number of carbonyl (C=O) groups excluding carboxylic acids is 2. The van der Waals surface area contributed by atoms with Crippen molar-refractivity contribution in [2.45, 2.75) is 71.6 Å². The third kappa shape index (κ3) is 6.19. The lowest BCUT2D eigenvalue weighted by Crippen LogP contribution is -2.23. The topological polar surface area (TPSA) is 52.6 Å². The Balaban J connectivity index is 2.63. The minimum absolute atomic E-state index is 0.214. The number of carbonyl (C=O) groups is 2. The molecule has 0 aromatic heterocycles. The van der Waals surface area contributed by atoms with E-state index in [9.17, 15) is 9.59 Å². The second kappa shape index (κ2) is 9.07. The molecular weight excluding hydrogens is 524 g/mol. The van der Waals surface area contributed by atoms with E-state index in [0.717, 1.165) is 22.3 Å². The number of rotatable bonds is 4. The molecule has 0 bridgehead atoms. The highest BCUT2D eigenvalue weighted by Gasteiger charge is 2.30. The summed E-state index contributed by atoms with van der Waals surface area (Å²) in [6.07, 6.45) is 0. The van der Waals surface area contributed by atoms with E-state index in [4.69, 9.17) is 9.47 Å². The first-order valence-electron chi connectivity index (χ1n) is 10.1. The van der Waals surface area contributed by atoms with Crippen molar-refractivity contribution in [2.24, 2.45) is 0 Å². The zero-order valence-electron chi connectivity index (χ0n) is 19.4. The lowest BCUT2D eigenvalue weighted by atomic mass is 9.73. The minimum atomic E-state index is -0.517. The van der Waals surface area contributed by atoms with E-state index in [0.29, 0.717) is 11.5 Å². The third-order valence-corrected chi connectivity index (χ3v) is 5.72. The van der Waals surface area contributed by atoms with E-state index in [1.807, 2.05) is 24.3 Å². The van der Waals surface area contributed by atoms with Gasteiger partial charge in [-0.1, -0.05) is 79.7 Å². The fourth-order valence-corrected chi connectivity index (χ4v) is 3.88. The molecule has 31 heavy (non-hydrogen) atoms. The van der Waals surface area contributed by atoms with E-state index >= 15 is 0 Å². The number of halogens is 2. The van der Waals surface area contributed by atoms with Crippen LogP contribution in [0.2, 0.25) is 0 Å². The summed E-state index contributed by atoms with van der Waals surface area (Å²) in [7, 11) is 0. The minimum Gasteiger partial charge on any atom is -0.418 e. The monoisotopic (exact) mass is 552 g/mol. The SMILES string of the molecule is CC(C)(C)c1cc(C(C)(C)c2ccc(OC(=O)Br)c(C(C)(C)C)c2)ccc1OC(=O)Br. The van der Waals surface area contributed by atoms with Gasteiger partial charge in [-0.3, -0.25) is 0 Å². The molecule has 0 heterocycles. The first-order chi connectivity index (χ1) is 14.0. The van der Waals surface area contributed by atoms with Gasteiger partial charge in [0.05, 0.1) is 0 Å². The predicted octanol–water partition coefficient (Wildman–Crippen LogP) is 8.39. The molecule has 0 atom stereocenters. The molecule has 168 valence electrons. The Morgan fingerprint density at radius 2 is 0.968 bits per heavy atom. The van der Waals surface area contributed by atoms with Gasteiger partial charge in [-0.15, -0.1) is 0 Å². The molecule has 2 aromatic rings. The van der Waals surface area contributed by atoms with Crippen LogP contribution in [-0.2, 0) is 16.2 Å². The van der Waals surface area contributed by atoms with Crippen LogP contribution in [0.1, 0.15) is 77.6 Å². The van der Waals surface area contributed by atoms with E-state index in [1.54, 1.807) is 0 Å². The molecule has 0 aliphatic heterocycles. The summed E-state index contributed by atoms with van der Waals surface area (Å²) >= 11 is 5.71. The standard InChI is InChI=1S/C25H30Br2O4/c1-23(2,3)17-13-15(9-11-19(17)30-21(26)28)25(7,8)16-10-12-20(31-22(27)29)18(14-16)24(4,5)6/h9-14H,1-8H3. The maximum Gasteiger partial charge on any atom is 0.380 e. The summed E-state index contributed by atoms with van der Waals surface area (Å²) in [5, 5.41) is 0. The van der Waals surface area contributed by atoms with E-state index in [2.05, 4.69) is 99.4 Å². The molecule has 0 unspecified atom stereocenters. The van der Waals surface area contributed by atoms with Gasteiger partial charge in [0.15, 0.2) is 0 Å². The number of ether oxygens (including phenoxy) is 2. The fraction of sp³-hybridized carbons (Fsp3) is 0.440. The second-order valence-corrected chi connectivity index (χ2v) is 11.5. The molecule has 0 spiro atoms. The molecule has 0 saturated carbocycles. The average Bonchev–Trinajstić information content (AvgIpc) is 2.59. The molecule has 0 amide bonds. The summed E-state index contributed by atoms with van der Waals surface area (Å²) in [5.74, 6) is 1.09. The zero-order chi connectivity index (χ0) is 23.8. The molecule has 2 rings (SSSR count). The summed E-state index contributed by atoms with van der Waals surface area (Å²) in [4.78, 5) is 21.9. The maximum absolute atomic E-state index is 11.5. The summed E-state index contributed by atoms with van der Waals surface area (Å²) in [6, 6.07) is 11.9. The Kier molecular flexibility index (Phi) is 7.49. The lowest BCUT2D eigenvalue weighted by molar-refractivity contribution is 0.226. The van der Waals surface area contributed by atoms with Crippen molar-refractivity contribution in [3.8, 4) is 11.5 Å². The van der Waals surface area contributed by atoms with Gasteiger partial charge in [0, 0.05) is 48.4 Å². The molecule has 4 nitrogen and oxygen atoms in total. The molecule has 6 heteroatoms. The van der Waals surface area contributed by atoms with Crippen molar-refractivity contribution in [1.29, 1.82) is 0 Å². The molecular formula is C25H30Br2O4. The van der Waals surface area contributed by atoms with Gasteiger partial charge in [-0.05, 0) is 34.1 Å². The Hall–Kier alpha value is -1.66. The Labute approximate surface area is 202 Å². The largest absolute Gasteiger partial charge is 0.418 e. The summed E-state index contributed by atoms with van der Waals surface area (Å²) in [5.41, 5.74) is 3.32. The highest BCUT2D eigenvalue weighted by molar-refractivity contribution is 9.18. The van der Waals surface area contributed by atoms with E-state index in [-0.39, 0.29) is 16.2 Å². The van der Waals surface area contributed by atoms with Crippen LogP contribution in [0.5, 0.6) is 11.5 Å². The molecule has 0 aliphatic rings. The van der Waals surface area contributed by atoms with Crippen LogP contribution in [0.25, 0.3) is 0 Å². The van der Waals surface area contributed by atoms with Crippen LogP contribution in [-0.4, -0.2) is 9.76 Å². The van der Waals surface area contributed by atoms with Crippen molar-refractivity contribution in [2.75, 3.05) is 0 Å². The first kappa shape index (κ1) is 25.6. The fourth-order valence-electron chi connectivity index (χ4n) is 3.53. The number of hydrogen-bond donors (Lipinski definition) is 0. The third-order valence-electron chi connectivity index (χ3n) is 5.40. The quantitative estimate of drug-likeness (QED) is 0.357. The average molecular weight is 554 g/mol. The van der Waals surface area contributed by atoms with Crippen LogP contribution in [0.15, 0.2) is 36.4 Å².